The fraction of sp³-hybridized carbons (Fsp3) is 0.300. The highest BCUT2D eigenvalue weighted by Gasteiger charge is 2.54. The summed E-state index contributed by atoms with van der Waals surface area (Å²) in [5.41, 5.74) is 0.986. The van der Waals surface area contributed by atoms with Gasteiger partial charge in [-0.15, -0.1) is 11.8 Å². The number of carbonyl (C=O) groups excluding carboxylic acids is 4. The Kier molecular flexibility index (Phi) is 6.38. The lowest BCUT2D eigenvalue weighted by Crippen LogP contribution is -2.70. The average Bonchev–Trinajstić information content (AvgIpc) is 2.73. The molecule has 1 aromatic rings. The lowest BCUT2D eigenvalue weighted by atomic mass is 10.0. The zero-order chi connectivity index (χ0) is 21.0. The second-order valence-corrected chi connectivity index (χ2v) is 7.45. The van der Waals surface area contributed by atoms with Crippen LogP contribution in [-0.4, -0.2) is 59.0 Å². The molecular formula is C20H20N2O6S. The lowest BCUT2D eigenvalue weighted by molar-refractivity contribution is -0.151. The van der Waals surface area contributed by atoms with Crippen molar-refractivity contribution in [2.24, 2.45) is 0 Å². The molecule has 2 unspecified atom stereocenters. The Labute approximate surface area is 171 Å². The molecule has 3 rings (SSSR count). The normalized spacial score (nSPS) is 20.3. The number of carbonyl (C=O) groups is 4. The van der Waals surface area contributed by atoms with Gasteiger partial charge < -0.3 is 14.8 Å². The summed E-state index contributed by atoms with van der Waals surface area (Å²) in [6, 6.07) is 7.80. The molecule has 0 radical (unpaired) electrons. The van der Waals surface area contributed by atoms with Gasteiger partial charge in [0.25, 0.3) is 11.8 Å². The third kappa shape index (κ3) is 4.34. The van der Waals surface area contributed by atoms with Crippen molar-refractivity contribution in [1.82, 2.24) is 10.2 Å². The van der Waals surface area contributed by atoms with E-state index in [0.717, 1.165) is 0 Å². The van der Waals surface area contributed by atoms with E-state index in [1.54, 1.807) is 30.3 Å². The maximum Gasteiger partial charge on any atom is 0.355 e. The van der Waals surface area contributed by atoms with Gasteiger partial charge in [-0.25, -0.2) is 4.79 Å². The summed E-state index contributed by atoms with van der Waals surface area (Å²) in [6.45, 7) is 4.63. The maximum absolute atomic E-state index is 12.8. The summed E-state index contributed by atoms with van der Waals surface area (Å²) in [6.07, 6.45) is 1.42. The number of rotatable bonds is 7. The highest BCUT2D eigenvalue weighted by atomic mass is 32.2. The van der Waals surface area contributed by atoms with Gasteiger partial charge in [0.15, 0.2) is 0 Å². The zero-order valence-corrected chi connectivity index (χ0v) is 16.6. The molecule has 2 aliphatic rings. The maximum atomic E-state index is 12.8. The molecule has 0 aromatic heterocycles. The van der Waals surface area contributed by atoms with Gasteiger partial charge in [0.1, 0.15) is 30.3 Å². The predicted octanol–water partition coefficient (Wildman–Crippen LogP) is 1.25. The van der Waals surface area contributed by atoms with E-state index < -0.39 is 29.3 Å². The number of thioether (sulfide) groups is 1. The van der Waals surface area contributed by atoms with E-state index in [4.69, 9.17) is 9.47 Å². The Morgan fingerprint density at radius 2 is 2.00 bits per heavy atom. The summed E-state index contributed by atoms with van der Waals surface area (Å²) in [5, 5.41) is 2.28. The number of β-lactam (4-membered cyclic amide) rings is 1. The monoisotopic (exact) mass is 416 g/mol. The van der Waals surface area contributed by atoms with E-state index in [1.807, 2.05) is 0 Å². The number of esters is 2. The van der Waals surface area contributed by atoms with Gasteiger partial charge >= 0.3 is 11.9 Å². The Hall–Kier alpha value is -3.07. The Morgan fingerprint density at radius 1 is 1.28 bits per heavy atom. The Balaban J connectivity index is 1.79. The molecule has 1 N–H and O–H groups in total. The molecule has 0 bridgehead atoms. The summed E-state index contributed by atoms with van der Waals surface area (Å²) in [7, 11) is 0. The van der Waals surface area contributed by atoms with E-state index in [0.29, 0.717) is 16.9 Å². The summed E-state index contributed by atoms with van der Waals surface area (Å²) in [4.78, 5) is 50.2. The molecule has 2 atom stereocenters. The average molecular weight is 416 g/mol. The van der Waals surface area contributed by atoms with Gasteiger partial charge in [-0.1, -0.05) is 30.9 Å². The molecule has 9 heteroatoms. The van der Waals surface area contributed by atoms with Crippen molar-refractivity contribution in [1.29, 1.82) is 0 Å². The fourth-order valence-corrected chi connectivity index (χ4v) is 4.32. The zero-order valence-electron chi connectivity index (χ0n) is 15.8. The molecule has 152 valence electrons. The van der Waals surface area contributed by atoms with Crippen molar-refractivity contribution >= 4 is 35.5 Å². The minimum Gasteiger partial charge on any atom is -0.461 e. The molecular weight excluding hydrogens is 396 g/mol. The minimum atomic E-state index is -0.759. The van der Waals surface area contributed by atoms with Crippen LogP contribution in [0.2, 0.25) is 0 Å². The predicted molar refractivity (Wildman–Crippen MR) is 106 cm³/mol. The van der Waals surface area contributed by atoms with Crippen molar-refractivity contribution < 1.29 is 28.7 Å². The molecule has 1 saturated heterocycles. The largest absolute Gasteiger partial charge is 0.461 e. The van der Waals surface area contributed by atoms with E-state index in [9.17, 15) is 19.2 Å². The van der Waals surface area contributed by atoms with E-state index >= 15 is 0 Å². The fourth-order valence-electron chi connectivity index (χ4n) is 2.99. The molecule has 0 aliphatic carbocycles. The van der Waals surface area contributed by atoms with Crippen LogP contribution >= 0.6 is 11.8 Å². The third-order valence-corrected chi connectivity index (χ3v) is 5.68. The minimum absolute atomic E-state index is 0.0167. The molecule has 1 fully saturated rings. The summed E-state index contributed by atoms with van der Waals surface area (Å²) in [5.74, 6) is -1.62. The lowest BCUT2D eigenvalue weighted by Gasteiger charge is -2.49. The second kappa shape index (κ2) is 8.95. The number of amides is 2. The number of nitrogens with one attached hydrogen (secondary N) is 1. The van der Waals surface area contributed by atoms with Crippen LogP contribution < -0.4 is 5.32 Å². The summed E-state index contributed by atoms with van der Waals surface area (Å²) >= 11 is 1.38. The highest BCUT2D eigenvalue weighted by Crippen LogP contribution is 2.40. The number of benzene rings is 1. The SMILES string of the molecule is C=CCOC(=O)C1=C(COC(C)=O)CSC2C(NC(=O)c3ccccc3)C(=O)N12. The van der Waals surface area contributed by atoms with Crippen LogP contribution in [-0.2, 0) is 23.9 Å². The second-order valence-electron chi connectivity index (χ2n) is 6.35. The van der Waals surface area contributed by atoms with Gasteiger partial charge in [0.2, 0.25) is 0 Å². The molecule has 29 heavy (non-hydrogen) atoms. The first-order valence-electron chi connectivity index (χ1n) is 8.88. The van der Waals surface area contributed by atoms with Crippen molar-refractivity contribution in [2.45, 2.75) is 18.3 Å². The van der Waals surface area contributed by atoms with Crippen LogP contribution in [0.4, 0.5) is 0 Å². The first kappa shape index (κ1) is 20.7. The molecule has 2 heterocycles. The molecule has 0 spiro atoms. The van der Waals surface area contributed by atoms with Crippen LogP contribution in [0.5, 0.6) is 0 Å². The van der Waals surface area contributed by atoms with Gasteiger partial charge in [0.05, 0.1) is 0 Å². The van der Waals surface area contributed by atoms with E-state index in [1.165, 1.54) is 29.7 Å². The van der Waals surface area contributed by atoms with Gasteiger partial charge in [-0.2, -0.15) is 0 Å². The number of hydrogen-bond acceptors (Lipinski definition) is 7. The topological polar surface area (TPSA) is 102 Å². The molecule has 2 amide bonds. The quantitative estimate of drug-likeness (QED) is 0.405. The number of nitrogens with zero attached hydrogens (tertiary/aromatic N) is 1. The Morgan fingerprint density at radius 3 is 2.66 bits per heavy atom. The molecule has 2 aliphatic heterocycles. The van der Waals surface area contributed by atoms with Gasteiger partial charge in [-0.3, -0.25) is 19.3 Å². The first-order chi connectivity index (χ1) is 13.9. The van der Waals surface area contributed by atoms with Crippen molar-refractivity contribution in [3.63, 3.8) is 0 Å². The molecule has 1 aromatic carbocycles. The van der Waals surface area contributed by atoms with Crippen LogP contribution in [0.15, 0.2) is 54.3 Å². The van der Waals surface area contributed by atoms with Crippen molar-refractivity contribution in [2.75, 3.05) is 19.0 Å². The van der Waals surface area contributed by atoms with E-state index in [2.05, 4.69) is 11.9 Å². The van der Waals surface area contributed by atoms with Crippen LogP contribution in [0.25, 0.3) is 0 Å². The van der Waals surface area contributed by atoms with Crippen molar-refractivity contribution in [3.8, 4) is 0 Å². The van der Waals surface area contributed by atoms with Crippen LogP contribution in [0.1, 0.15) is 17.3 Å². The highest BCUT2D eigenvalue weighted by molar-refractivity contribution is 8.00. The smallest absolute Gasteiger partial charge is 0.355 e. The van der Waals surface area contributed by atoms with Crippen molar-refractivity contribution in [3.05, 3.63) is 59.8 Å². The number of ether oxygens (including phenoxy) is 2. The standard InChI is InChI=1S/C20H20N2O6S/c1-3-9-27-20(26)16-14(10-28-12(2)23)11-29-19-15(18(25)22(16)19)21-17(24)13-7-5-4-6-8-13/h3-8,15,19H,1,9-11H2,2H3,(H,21,24). The molecule has 8 nitrogen and oxygen atoms in total. The summed E-state index contributed by atoms with van der Waals surface area (Å²) < 4.78 is 10.1. The van der Waals surface area contributed by atoms with Gasteiger partial charge in [0, 0.05) is 23.8 Å². The number of hydrogen-bond donors (Lipinski definition) is 1. The number of fused-ring (bicyclic) bond motifs is 1. The third-order valence-electron chi connectivity index (χ3n) is 4.35. The Bertz CT molecular complexity index is 882. The van der Waals surface area contributed by atoms with E-state index in [-0.39, 0.29) is 24.8 Å². The first-order valence-corrected chi connectivity index (χ1v) is 9.93. The van der Waals surface area contributed by atoms with Crippen LogP contribution in [0.3, 0.4) is 0 Å². The van der Waals surface area contributed by atoms with Gasteiger partial charge in [-0.05, 0) is 12.1 Å². The van der Waals surface area contributed by atoms with Crippen LogP contribution in [0, 0.1) is 0 Å². The molecule has 0 saturated carbocycles.